The normalized spacial score (nSPS) is 10.5. The van der Waals surface area contributed by atoms with E-state index >= 15 is 0 Å². The topological polar surface area (TPSA) is 61.4 Å². The summed E-state index contributed by atoms with van der Waals surface area (Å²) in [4.78, 5) is 12.2. The van der Waals surface area contributed by atoms with Crippen molar-refractivity contribution in [3.63, 3.8) is 0 Å². The molecule has 4 nitrogen and oxygen atoms in total. The van der Waals surface area contributed by atoms with Gasteiger partial charge in [0.15, 0.2) is 0 Å². The van der Waals surface area contributed by atoms with Crippen molar-refractivity contribution in [3.05, 3.63) is 64.7 Å². The molecule has 4 heteroatoms. The van der Waals surface area contributed by atoms with Gasteiger partial charge in [0, 0.05) is 12.2 Å². The number of aliphatic hydroxyl groups is 1. The number of anilines is 1. The molecular weight excluding hydrogens is 300 g/mol. The lowest BCUT2D eigenvalue weighted by Crippen LogP contribution is -2.31. The highest BCUT2D eigenvalue weighted by molar-refractivity contribution is 5.91. The van der Waals surface area contributed by atoms with Crippen molar-refractivity contribution in [3.8, 4) is 0 Å². The van der Waals surface area contributed by atoms with Crippen LogP contribution in [0.1, 0.15) is 36.1 Å². The van der Waals surface area contributed by atoms with E-state index in [-0.39, 0.29) is 12.6 Å². The Hall–Kier alpha value is -2.33. The summed E-state index contributed by atoms with van der Waals surface area (Å²) in [5, 5.41) is 15.0. The van der Waals surface area contributed by atoms with Gasteiger partial charge in [0.1, 0.15) is 0 Å². The first-order chi connectivity index (χ1) is 11.7. The van der Waals surface area contributed by atoms with Gasteiger partial charge in [-0.2, -0.15) is 0 Å². The molecule has 2 aromatic carbocycles. The molecule has 0 unspecified atom stereocenters. The molecule has 0 radical (unpaired) electrons. The monoisotopic (exact) mass is 326 g/mol. The summed E-state index contributed by atoms with van der Waals surface area (Å²) < 4.78 is 0. The first-order valence-electron chi connectivity index (χ1n) is 8.52. The number of rotatable bonds is 7. The van der Waals surface area contributed by atoms with Gasteiger partial charge in [-0.1, -0.05) is 56.3 Å². The molecular formula is C20H26N2O2. The highest BCUT2D eigenvalue weighted by Gasteiger charge is 2.09. The molecule has 0 aliphatic carbocycles. The summed E-state index contributed by atoms with van der Waals surface area (Å²) in [6.07, 6.45) is 2.54. The van der Waals surface area contributed by atoms with E-state index in [2.05, 4.69) is 36.6 Å². The molecule has 2 amide bonds. The van der Waals surface area contributed by atoms with Crippen molar-refractivity contribution in [2.75, 3.05) is 11.9 Å². The van der Waals surface area contributed by atoms with Gasteiger partial charge in [0.25, 0.3) is 0 Å². The molecule has 0 saturated heterocycles. The molecule has 128 valence electrons. The maximum Gasteiger partial charge on any atom is 0.319 e. The minimum absolute atomic E-state index is 0.0531. The third-order valence-electron chi connectivity index (χ3n) is 4.14. The molecule has 0 fully saturated rings. The average molecular weight is 326 g/mol. The molecule has 0 aliphatic rings. The summed E-state index contributed by atoms with van der Waals surface area (Å²) in [6.45, 7) is 4.80. The Morgan fingerprint density at radius 2 is 1.54 bits per heavy atom. The van der Waals surface area contributed by atoms with Crippen LogP contribution in [0.15, 0.2) is 42.5 Å². The van der Waals surface area contributed by atoms with Gasteiger partial charge < -0.3 is 15.7 Å². The Morgan fingerprint density at radius 3 is 2.08 bits per heavy atom. The predicted octanol–water partition coefficient (Wildman–Crippen LogP) is 3.67. The Balaban J connectivity index is 1.89. The second-order valence-electron chi connectivity index (χ2n) is 5.76. The van der Waals surface area contributed by atoms with Gasteiger partial charge in [0.05, 0.1) is 6.61 Å². The van der Waals surface area contributed by atoms with Crippen molar-refractivity contribution in [1.82, 2.24) is 5.32 Å². The number of para-hydroxylation sites is 1. The molecule has 2 rings (SSSR count). The first-order valence-corrected chi connectivity index (χ1v) is 8.52. The lowest BCUT2D eigenvalue weighted by atomic mass is 10.0. The highest BCUT2D eigenvalue weighted by Crippen LogP contribution is 2.22. The van der Waals surface area contributed by atoms with E-state index in [1.807, 2.05) is 30.3 Å². The van der Waals surface area contributed by atoms with Gasteiger partial charge in [-0.25, -0.2) is 4.79 Å². The number of carbonyl (C=O) groups is 1. The van der Waals surface area contributed by atoms with Crippen LogP contribution < -0.4 is 10.6 Å². The number of nitrogens with one attached hydrogen (secondary N) is 2. The van der Waals surface area contributed by atoms with Crippen LogP contribution in [0.25, 0.3) is 0 Å². The molecule has 0 bridgehead atoms. The maximum atomic E-state index is 12.2. The van der Waals surface area contributed by atoms with Gasteiger partial charge in [-0.05, 0) is 41.5 Å². The maximum absolute atomic E-state index is 12.2. The van der Waals surface area contributed by atoms with Crippen LogP contribution in [0.5, 0.6) is 0 Å². The van der Waals surface area contributed by atoms with E-state index in [4.69, 9.17) is 5.11 Å². The van der Waals surface area contributed by atoms with Crippen LogP contribution in [0, 0.1) is 0 Å². The second-order valence-corrected chi connectivity index (χ2v) is 5.76. The van der Waals surface area contributed by atoms with Crippen LogP contribution in [0.3, 0.4) is 0 Å². The highest BCUT2D eigenvalue weighted by atomic mass is 16.3. The van der Waals surface area contributed by atoms with E-state index in [9.17, 15) is 4.79 Å². The number of aliphatic hydroxyl groups excluding tert-OH is 1. The van der Waals surface area contributed by atoms with Gasteiger partial charge in [-0.3, -0.25) is 0 Å². The molecule has 24 heavy (non-hydrogen) atoms. The second kappa shape index (κ2) is 9.08. The van der Waals surface area contributed by atoms with Crippen molar-refractivity contribution < 1.29 is 9.90 Å². The van der Waals surface area contributed by atoms with E-state index in [0.29, 0.717) is 6.54 Å². The van der Waals surface area contributed by atoms with E-state index in [1.165, 1.54) is 0 Å². The number of benzene rings is 2. The molecule has 0 atom stereocenters. The zero-order chi connectivity index (χ0) is 17.4. The van der Waals surface area contributed by atoms with Gasteiger partial charge in [0.2, 0.25) is 0 Å². The van der Waals surface area contributed by atoms with Crippen molar-refractivity contribution in [2.24, 2.45) is 0 Å². The van der Waals surface area contributed by atoms with Crippen molar-refractivity contribution >= 4 is 11.7 Å². The number of aryl methyl sites for hydroxylation is 2. The SMILES string of the molecule is CCc1cccc(CC)c1NC(=O)NCCc1ccc(CO)cc1. The summed E-state index contributed by atoms with van der Waals surface area (Å²) in [5.41, 5.74) is 5.28. The number of hydrogen-bond acceptors (Lipinski definition) is 2. The van der Waals surface area contributed by atoms with Crippen LogP contribution in [0.2, 0.25) is 0 Å². The largest absolute Gasteiger partial charge is 0.392 e. The summed E-state index contributed by atoms with van der Waals surface area (Å²) >= 11 is 0. The number of carbonyl (C=O) groups excluding carboxylic acids is 1. The minimum atomic E-state index is -0.169. The van der Waals surface area contributed by atoms with Crippen LogP contribution in [-0.4, -0.2) is 17.7 Å². The molecule has 0 aliphatic heterocycles. The smallest absolute Gasteiger partial charge is 0.319 e. The Labute approximate surface area is 143 Å². The van der Waals surface area contributed by atoms with E-state index in [1.54, 1.807) is 0 Å². The lowest BCUT2D eigenvalue weighted by Gasteiger charge is -2.15. The molecule has 0 spiro atoms. The van der Waals surface area contributed by atoms with Gasteiger partial charge in [-0.15, -0.1) is 0 Å². The first kappa shape index (κ1) is 18.0. The summed E-state index contributed by atoms with van der Waals surface area (Å²) in [6, 6.07) is 13.7. The molecule has 0 heterocycles. The third kappa shape index (κ3) is 4.83. The van der Waals surface area contributed by atoms with E-state index in [0.717, 1.165) is 47.2 Å². The number of urea groups is 1. The van der Waals surface area contributed by atoms with Crippen molar-refractivity contribution in [1.29, 1.82) is 0 Å². The predicted molar refractivity (Wildman–Crippen MR) is 98.3 cm³/mol. The van der Waals surface area contributed by atoms with Gasteiger partial charge >= 0.3 is 6.03 Å². The van der Waals surface area contributed by atoms with Crippen LogP contribution in [-0.2, 0) is 25.9 Å². The molecule has 3 N–H and O–H groups in total. The Kier molecular flexibility index (Phi) is 6.82. The van der Waals surface area contributed by atoms with Crippen LogP contribution in [0.4, 0.5) is 10.5 Å². The molecule has 0 aromatic heterocycles. The minimum Gasteiger partial charge on any atom is -0.392 e. The standard InChI is InChI=1S/C20H26N2O2/c1-3-17-6-5-7-18(4-2)19(17)22-20(24)21-13-12-15-8-10-16(14-23)11-9-15/h5-11,23H,3-4,12-14H2,1-2H3,(H2,21,22,24). The van der Waals surface area contributed by atoms with E-state index < -0.39 is 0 Å². The molecule has 0 saturated carbocycles. The average Bonchev–Trinajstić information content (AvgIpc) is 2.62. The fourth-order valence-electron chi connectivity index (χ4n) is 2.69. The third-order valence-corrected chi connectivity index (χ3v) is 4.14. The zero-order valence-electron chi connectivity index (χ0n) is 14.4. The zero-order valence-corrected chi connectivity index (χ0v) is 14.4. The fourth-order valence-corrected chi connectivity index (χ4v) is 2.69. The molecule has 2 aromatic rings. The van der Waals surface area contributed by atoms with Crippen LogP contribution >= 0.6 is 0 Å². The Morgan fingerprint density at radius 1 is 0.958 bits per heavy atom. The lowest BCUT2D eigenvalue weighted by molar-refractivity contribution is 0.252. The summed E-state index contributed by atoms with van der Waals surface area (Å²) in [7, 11) is 0. The fraction of sp³-hybridized carbons (Fsp3) is 0.350. The Bertz CT molecular complexity index is 644. The van der Waals surface area contributed by atoms with Crippen molar-refractivity contribution in [2.45, 2.75) is 39.7 Å². The summed E-state index contributed by atoms with van der Waals surface area (Å²) in [5.74, 6) is 0. The number of hydrogen-bond donors (Lipinski definition) is 3. The quantitative estimate of drug-likeness (QED) is 0.727. The number of amides is 2.